The van der Waals surface area contributed by atoms with Gasteiger partial charge in [-0.15, -0.1) is 0 Å². The fraction of sp³-hybridized carbons (Fsp3) is 0.400. The Morgan fingerprint density at radius 1 is 1.40 bits per heavy atom. The lowest BCUT2D eigenvalue weighted by Crippen LogP contribution is -2.10. The van der Waals surface area contributed by atoms with Crippen LogP contribution in [0.2, 0.25) is 0 Å². The molecule has 0 aromatic carbocycles. The smallest absolute Gasteiger partial charge is 0.223 e. The standard InChI is InChI=1S/C10H15N5/c1-3-7-8(12-2)14-10(11)15-9(7)13-6-4-5-6/h3,6H,1,4-5H2,2H3,(H4,11,12,13,14,15). The molecule has 0 spiro atoms. The van der Waals surface area contributed by atoms with Crippen molar-refractivity contribution in [2.24, 2.45) is 0 Å². The van der Waals surface area contributed by atoms with E-state index in [2.05, 4.69) is 27.2 Å². The SMILES string of the molecule is C=Cc1c(NC)nc(N)nc1NC1CC1. The number of anilines is 3. The molecule has 1 aliphatic carbocycles. The first kappa shape index (κ1) is 9.76. The van der Waals surface area contributed by atoms with Gasteiger partial charge < -0.3 is 16.4 Å². The molecular formula is C10H15N5. The summed E-state index contributed by atoms with van der Waals surface area (Å²) < 4.78 is 0. The zero-order valence-electron chi connectivity index (χ0n) is 8.75. The summed E-state index contributed by atoms with van der Waals surface area (Å²) in [5, 5.41) is 6.29. The third-order valence-electron chi connectivity index (χ3n) is 2.32. The second kappa shape index (κ2) is 3.76. The van der Waals surface area contributed by atoms with Crippen LogP contribution in [0.25, 0.3) is 6.08 Å². The van der Waals surface area contributed by atoms with Crippen LogP contribution < -0.4 is 16.4 Å². The fourth-order valence-electron chi connectivity index (χ4n) is 1.40. The molecular weight excluding hydrogens is 190 g/mol. The molecule has 5 nitrogen and oxygen atoms in total. The maximum Gasteiger partial charge on any atom is 0.223 e. The van der Waals surface area contributed by atoms with E-state index >= 15 is 0 Å². The Morgan fingerprint density at radius 2 is 2.07 bits per heavy atom. The van der Waals surface area contributed by atoms with Crippen LogP contribution in [0.4, 0.5) is 17.6 Å². The largest absolute Gasteiger partial charge is 0.372 e. The highest BCUT2D eigenvalue weighted by molar-refractivity contribution is 5.73. The van der Waals surface area contributed by atoms with Gasteiger partial charge in [0.1, 0.15) is 11.6 Å². The molecule has 1 aromatic rings. The number of hydrogen-bond acceptors (Lipinski definition) is 5. The summed E-state index contributed by atoms with van der Waals surface area (Å²) in [6, 6.07) is 0.530. The van der Waals surface area contributed by atoms with E-state index in [1.54, 1.807) is 13.1 Å². The van der Waals surface area contributed by atoms with Crippen molar-refractivity contribution < 1.29 is 0 Å². The van der Waals surface area contributed by atoms with Crippen molar-refractivity contribution in [3.63, 3.8) is 0 Å². The van der Waals surface area contributed by atoms with Crippen molar-refractivity contribution >= 4 is 23.7 Å². The summed E-state index contributed by atoms with van der Waals surface area (Å²) in [6.45, 7) is 3.76. The first-order chi connectivity index (χ1) is 7.24. The molecule has 80 valence electrons. The zero-order chi connectivity index (χ0) is 10.8. The van der Waals surface area contributed by atoms with Gasteiger partial charge in [0.2, 0.25) is 5.95 Å². The molecule has 1 fully saturated rings. The van der Waals surface area contributed by atoms with Crippen LogP contribution in [0.3, 0.4) is 0 Å². The van der Waals surface area contributed by atoms with Crippen molar-refractivity contribution in [3.8, 4) is 0 Å². The molecule has 2 rings (SSSR count). The lowest BCUT2D eigenvalue weighted by Gasteiger charge is -2.11. The fourth-order valence-corrected chi connectivity index (χ4v) is 1.40. The Labute approximate surface area is 88.8 Å². The summed E-state index contributed by atoms with van der Waals surface area (Å²) in [5.41, 5.74) is 6.49. The molecule has 4 N–H and O–H groups in total. The van der Waals surface area contributed by atoms with Gasteiger partial charge in [0.15, 0.2) is 0 Å². The van der Waals surface area contributed by atoms with E-state index in [0.717, 1.165) is 11.4 Å². The maximum absolute atomic E-state index is 5.62. The molecule has 0 saturated heterocycles. The van der Waals surface area contributed by atoms with E-state index in [1.807, 2.05) is 0 Å². The Bertz CT molecular complexity index is 384. The summed E-state index contributed by atoms with van der Waals surface area (Å²) in [7, 11) is 1.80. The van der Waals surface area contributed by atoms with Crippen molar-refractivity contribution in [1.29, 1.82) is 0 Å². The van der Waals surface area contributed by atoms with Crippen LogP contribution >= 0.6 is 0 Å². The Hall–Kier alpha value is -1.78. The van der Waals surface area contributed by atoms with Gasteiger partial charge in [-0.05, 0) is 12.8 Å². The second-order valence-corrected chi connectivity index (χ2v) is 3.57. The Morgan fingerprint density at radius 3 is 2.60 bits per heavy atom. The van der Waals surface area contributed by atoms with Crippen LogP contribution in [0.1, 0.15) is 18.4 Å². The van der Waals surface area contributed by atoms with Gasteiger partial charge in [-0.25, -0.2) is 0 Å². The number of rotatable bonds is 4. The highest BCUT2D eigenvalue weighted by Gasteiger charge is 2.23. The van der Waals surface area contributed by atoms with E-state index in [4.69, 9.17) is 5.73 Å². The van der Waals surface area contributed by atoms with Gasteiger partial charge >= 0.3 is 0 Å². The van der Waals surface area contributed by atoms with Gasteiger partial charge in [0.05, 0.1) is 5.56 Å². The molecule has 15 heavy (non-hydrogen) atoms. The maximum atomic E-state index is 5.62. The summed E-state index contributed by atoms with van der Waals surface area (Å²) >= 11 is 0. The van der Waals surface area contributed by atoms with Gasteiger partial charge in [0, 0.05) is 13.1 Å². The molecule has 1 heterocycles. The first-order valence-corrected chi connectivity index (χ1v) is 4.99. The van der Waals surface area contributed by atoms with Crippen molar-refractivity contribution in [1.82, 2.24) is 9.97 Å². The molecule has 0 amide bonds. The monoisotopic (exact) mass is 205 g/mol. The minimum atomic E-state index is 0.271. The molecule has 1 saturated carbocycles. The molecule has 1 aromatic heterocycles. The molecule has 0 atom stereocenters. The number of nitrogens with one attached hydrogen (secondary N) is 2. The number of nitrogens with two attached hydrogens (primary N) is 1. The number of aromatic nitrogens is 2. The highest BCUT2D eigenvalue weighted by atomic mass is 15.1. The van der Waals surface area contributed by atoms with Crippen LogP contribution in [0, 0.1) is 0 Å². The van der Waals surface area contributed by atoms with E-state index in [9.17, 15) is 0 Å². The molecule has 0 aliphatic heterocycles. The van der Waals surface area contributed by atoms with E-state index in [1.165, 1.54) is 12.8 Å². The minimum Gasteiger partial charge on any atom is -0.372 e. The highest BCUT2D eigenvalue weighted by Crippen LogP contribution is 2.29. The minimum absolute atomic E-state index is 0.271. The quantitative estimate of drug-likeness (QED) is 0.691. The van der Waals surface area contributed by atoms with Crippen LogP contribution in [0.5, 0.6) is 0 Å². The third kappa shape index (κ3) is 2.01. The van der Waals surface area contributed by atoms with Crippen LogP contribution in [-0.2, 0) is 0 Å². The molecule has 0 radical (unpaired) electrons. The Kier molecular flexibility index (Phi) is 2.45. The predicted molar refractivity (Wildman–Crippen MR) is 62.7 cm³/mol. The third-order valence-corrected chi connectivity index (χ3v) is 2.32. The van der Waals surface area contributed by atoms with Gasteiger partial charge in [0.25, 0.3) is 0 Å². The number of hydrogen-bond donors (Lipinski definition) is 3. The lowest BCUT2D eigenvalue weighted by molar-refractivity contribution is 1.08. The molecule has 1 aliphatic rings. The molecule has 5 heteroatoms. The molecule has 0 unspecified atom stereocenters. The first-order valence-electron chi connectivity index (χ1n) is 4.99. The van der Waals surface area contributed by atoms with Crippen molar-refractivity contribution in [2.75, 3.05) is 23.4 Å². The topological polar surface area (TPSA) is 75.9 Å². The number of nitrogen functional groups attached to an aromatic ring is 1. The van der Waals surface area contributed by atoms with Crippen LogP contribution in [0.15, 0.2) is 6.58 Å². The van der Waals surface area contributed by atoms with Gasteiger partial charge in [-0.1, -0.05) is 12.7 Å². The van der Waals surface area contributed by atoms with Crippen molar-refractivity contribution in [2.45, 2.75) is 18.9 Å². The average Bonchev–Trinajstić information content (AvgIpc) is 3.01. The lowest BCUT2D eigenvalue weighted by atomic mass is 10.2. The predicted octanol–water partition coefficient (Wildman–Crippen LogP) is 1.32. The Balaban J connectivity index is 2.39. The normalized spacial score (nSPS) is 14.7. The zero-order valence-corrected chi connectivity index (χ0v) is 8.75. The van der Waals surface area contributed by atoms with E-state index in [0.29, 0.717) is 11.9 Å². The molecule has 0 bridgehead atoms. The second-order valence-electron chi connectivity index (χ2n) is 3.57. The average molecular weight is 205 g/mol. The van der Waals surface area contributed by atoms with Crippen molar-refractivity contribution in [3.05, 3.63) is 12.1 Å². The van der Waals surface area contributed by atoms with Gasteiger partial charge in [-0.2, -0.15) is 9.97 Å². The number of nitrogens with zero attached hydrogens (tertiary/aromatic N) is 2. The van der Waals surface area contributed by atoms with E-state index in [-0.39, 0.29) is 5.95 Å². The summed E-state index contributed by atoms with van der Waals surface area (Å²) in [5.74, 6) is 1.75. The summed E-state index contributed by atoms with van der Waals surface area (Å²) in [4.78, 5) is 8.27. The summed E-state index contributed by atoms with van der Waals surface area (Å²) in [6.07, 6.45) is 4.11. The van der Waals surface area contributed by atoms with E-state index < -0.39 is 0 Å². The van der Waals surface area contributed by atoms with Crippen LogP contribution in [-0.4, -0.2) is 23.1 Å². The van der Waals surface area contributed by atoms with Gasteiger partial charge in [-0.3, -0.25) is 0 Å².